The number of rotatable bonds is 3. The first kappa shape index (κ1) is 14.8. The molecule has 3 rings (SSSR count). The van der Waals surface area contributed by atoms with Crippen molar-refractivity contribution >= 4 is 11.6 Å². The second-order valence-electron chi connectivity index (χ2n) is 6.04. The zero-order valence-electron chi connectivity index (χ0n) is 13.5. The Bertz CT molecular complexity index is 863. The van der Waals surface area contributed by atoms with Crippen LogP contribution in [-0.2, 0) is 0 Å². The smallest absolute Gasteiger partial charge is 0.265 e. The number of benzene rings is 1. The number of fused-ring (bicyclic) bond motifs is 1. The molecule has 0 N–H and O–H groups in total. The van der Waals surface area contributed by atoms with Crippen molar-refractivity contribution in [2.75, 3.05) is 0 Å². The topological polar surface area (TPSA) is 34.9 Å². The fraction of sp³-hybridized carbons (Fsp3) is 0.368. The summed E-state index contributed by atoms with van der Waals surface area (Å²) in [6.07, 6.45) is 4.98. The summed E-state index contributed by atoms with van der Waals surface area (Å²) in [4.78, 5) is 18.0. The van der Waals surface area contributed by atoms with Gasteiger partial charge in [0.25, 0.3) is 5.56 Å². The molecule has 1 aliphatic carbocycles. The number of aromatic nitrogens is 2. The standard InChI is InChI=1S/C19H22N2O/c1-4-13(2)18-20-16-12-8-9-14(3)17(16)19(22)21(18)15-10-6-5-7-11-15/h5-7,10-13H,4,8-9H2,1-3H3. The van der Waals surface area contributed by atoms with Gasteiger partial charge in [0.15, 0.2) is 0 Å². The van der Waals surface area contributed by atoms with E-state index in [4.69, 9.17) is 4.98 Å². The first-order valence-corrected chi connectivity index (χ1v) is 8.01. The summed E-state index contributed by atoms with van der Waals surface area (Å²) < 4.78 is 1.80. The molecule has 0 radical (unpaired) electrons. The fourth-order valence-corrected chi connectivity index (χ4v) is 2.99. The van der Waals surface area contributed by atoms with E-state index < -0.39 is 0 Å². The highest BCUT2D eigenvalue weighted by molar-refractivity contribution is 5.48. The van der Waals surface area contributed by atoms with Crippen LogP contribution in [0.5, 0.6) is 0 Å². The van der Waals surface area contributed by atoms with Crippen LogP contribution in [0, 0.1) is 0 Å². The van der Waals surface area contributed by atoms with Crippen molar-refractivity contribution in [1.29, 1.82) is 0 Å². The van der Waals surface area contributed by atoms with Crippen LogP contribution in [0.4, 0.5) is 0 Å². The Balaban J connectivity index is 2.45. The first-order valence-electron chi connectivity index (χ1n) is 8.01. The van der Waals surface area contributed by atoms with Crippen molar-refractivity contribution in [1.82, 2.24) is 9.55 Å². The van der Waals surface area contributed by atoms with Crippen LogP contribution in [-0.4, -0.2) is 9.55 Å². The number of hydrogen-bond acceptors (Lipinski definition) is 2. The van der Waals surface area contributed by atoms with E-state index in [9.17, 15) is 4.79 Å². The molecule has 0 saturated carbocycles. The molecule has 0 bridgehead atoms. The molecule has 3 nitrogen and oxygen atoms in total. The summed E-state index contributed by atoms with van der Waals surface area (Å²) >= 11 is 0. The van der Waals surface area contributed by atoms with Crippen molar-refractivity contribution in [3.05, 3.63) is 57.1 Å². The van der Waals surface area contributed by atoms with Gasteiger partial charge in [0.1, 0.15) is 5.82 Å². The van der Waals surface area contributed by atoms with Crippen molar-refractivity contribution in [2.45, 2.75) is 46.0 Å². The minimum atomic E-state index is 0.0694. The molecule has 1 atom stereocenters. The minimum Gasteiger partial charge on any atom is -0.268 e. The highest BCUT2D eigenvalue weighted by Gasteiger charge is 2.17. The van der Waals surface area contributed by atoms with E-state index in [0.29, 0.717) is 0 Å². The van der Waals surface area contributed by atoms with E-state index in [-0.39, 0.29) is 11.5 Å². The Kier molecular flexibility index (Phi) is 3.97. The number of hydrogen-bond donors (Lipinski definition) is 0. The van der Waals surface area contributed by atoms with Gasteiger partial charge in [0.2, 0.25) is 0 Å². The molecule has 1 aromatic carbocycles. The van der Waals surface area contributed by atoms with Crippen LogP contribution in [0.1, 0.15) is 51.8 Å². The van der Waals surface area contributed by atoms with Gasteiger partial charge in [-0.2, -0.15) is 0 Å². The summed E-state index contributed by atoms with van der Waals surface area (Å²) in [6, 6.07) is 9.84. The Morgan fingerprint density at radius 2 is 2.00 bits per heavy atom. The summed E-state index contributed by atoms with van der Waals surface area (Å²) in [5.41, 5.74) is 2.12. The lowest BCUT2D eigenvalue weighted by Crippen LogP contribution is -2.50. The monoisotopic (exact) mass is 294 g/mol. The second-order valence-corrected chi connectivity index (χ2v) is 6.04. The predicted octanol–water partition coefficient (Wildman–Crippen LogP) is 2.49. The van der Waals surface area contributed by atoms with Gasteiger partial charge in [-0.3, -0.25) is 9.36 Å². The third-order valence-electron chi connectivity index (χ3n) is 4.49. The van der Waals surface area contributed by atoms with Crippen molar-refractivity contribution in [3.63, 3.8) is 0 Å². The summed E-state index contributed by atoms with van der Waals surface area (Å²) in [7, 11) is 0. The fourth-order valence-electron chi connectivity index (χ4n) is 2.99. The minimum absolute atomic E-state index is 0.0694. The zero-order chi connectivity index (χ0) is 15.7. The maximum atomic E-state index is 13.1. The van der Waals surface area contributed by atoms with Crippen LogP contribution < -0.4 is 16.1 Å². The molecule has 2 aromatic rings. The average molecular weight is 294 g/mol. The van der Waals surface area contributed by atoms with Crippen molar-refractivity contribution in [3.8, 4) is 5.69 Å². The largest absolute Gasteiger partial charge is 0.268 e. The maximum absolute atomic E-state index is 13.1. The molecule has 0 aliphatic heterocycles. The van der Waals surface area contributed by atoms with Gasteiger partial charge in [-0.1, -0.05) is 43.7 Å². The van der Waals surface area contributed by atoms with E-state index in [1.807, 2.05) is 37.3 Å². The van der Waals surface area contributed by atoms with Crippen molar-refractivity contribution in [2.24, 2.45) is 0 Å². The van der Waals surface area contributed by atoms with Gasteiger partial charge in [0, 0.05) is 5.92 Å². The molecule has 3 heteroatoms. The van der Waals surface area contributed by atoms with E-state index in [1.54, 1.807) is 4.57 Å². The molecule has 0 amide bonds. The lowest BCUT2D eigenvalue weighted by molar-refractivity contribution is 0.633. The molecular weight excluding hydrogens is 272 g/mol. The summed E-state index contributed by atoms with van der Waals surface area (Å²) in [5, 5.41) is 1.67. The highest BCUT2D eigenvalue weighted by Crippen LogP contribution is 2.17. The lowest BCUT2D eigenvalue weighted by Gasteiger charge is -2.18. The molecule has 1 heterocycles. The van der Waals surface area contributed by atoms with Gasteiger partial charge in [-0.15, -0.1) is 0 Å². The van der Waals surface area contributed by atoms with Gasteiger partial charge in [-0.25, -0.2) is 4.98 Å². The Hall–Kier alpha value is -2.16. The molecule has 0 spiro atoms. The molecule has 1 unspecified atom stereocenters. The van der Waals surface area contributed by atoms with Crippen LogP contribution in [0.3, 0.4) is 0 Å². The number of para-hydroxylation sites is 1. The van der Waals surface area contributed by atoms with E-state index >= 15 is 0 Å². The number of nitrogens with zero attached hydrogens (tertiary/aromatic N) is 2. The van der Waals surface area contributed by atoms with Crippen LogP contribution in [0.25, 0.3) is 17.3 Å². The highest BCUT2D eigenvalue weighted by atomic mass is 16.1. The lowest BCUT2D eigenvalue weighted by atomic mass is 10.0. The van der Waals surface area contributed by atoms with Gasteiger partial charge >= 0.3 is 0 Å². The average Bonchev–Trinajstić information content (AvgIpc) is 2.54. The summed E-state index contributed by atoms with van der Waals surface area (Å²) in [5.74, 6) is 1.11. The SMILES string of the molecule is CCC(C)c1nc2c(c(=O)n1-c1ccccc1)=C(C)CCC=2. The molecule has 0 saturated heterocycles. The Morgan fingerprint density at radius 1 is 1.27 bits per heavy atom. The summed E-state index contributed by atoms with van der Waals surface area (Å²) in [6.45, 7) is 6.31. The van der Waals surface area contributed by atoms with Gasteiger partial charge in [0.05, 0.1) is 16.3 Å². The quantitative estimate of drug-likeness (QED) is 0.872. The Morgan fingerprint density at radius 3 is 2.68 bits per heavy atom. The molecule has 114 valence electrons. The van der Waals surface area contributed by atoms with Crippen LogP contribution in [0.15, 0.2) is 35.1 Å². The normalized spacial score (nSPS) is 15.1. The molecule has 1 aliphatic rings. The predicted molar refractivity (Wildman–Crippen MR) is 90.6 cm³/mol. The second kappa shape index (κ2) is 5.91. The molecule has 1 aromatic heterocycles. The first-order chi connectivity index (χ1) is 10.6. The van der Waals surface area contributed by atoms with Gasteiger partial charge in [-0.05, 0) is 38.3 Å². The van der Waals surface area contributed by atoms with E-state index in [0.717, 1.165) is 46.9 Å². The van der Waals surface area contributed by atoms with Gasteiger partial charge < -0.3 is 0 Å². The van der Waals surface area contributed by atoms with Crippen LogP contribution >= 0.6 is 0 Å². The van der Waals surface area contributed by atoms with E-state index in [1.165, 1.54) is 0 Å². The molecular formula is C19H22N2O. The Labute approximate surface area is 130 Å². The van der Waals surface area contributed by atoms with E-state index in [2.05, 4.69) is 19.9 Å². The third-order valence-corrected chi connectivity index (χ3v) is 4.49. The maximum Gasteiger partial charge on any atom is 0.265 e. The van der Waals surface area contributed by atoms with Crippen molar-refractivity contribution < 1.29 is 0 Å². The third kappa shape index (κ3) is 2.41. The molecule has 0 fully saturated rings. The zero-order valence-corrected chi connectivity index (χ0v) is 13.5. The van der Waals surface area contributed by atoms with Crippen LogP contribution in [0.2, 0.25) is 0 Å². The molecule has 22 heavy (non-hydrogen) atoms.